The Morgan fingerprint density at radius 2 is 2.12 bits per heavy atom. The van der Waals surface area contributed by atoms with Gasteiger partial charge in [0.05, 0.1) is 6.54 Å². The zero-order chi connectivity index (χ0) is 12.1. The Morgan fingerprint density at radius 1 is 1.44 bits per heavy atom. The lowest BCUT2D eigenvalue weighted by Crippen LogP contribution is -2.26. The molecule has 0 saturated carbocycles. The van der Waals surface area contributed by atoms with Crippen LogP contribution in [0, 0.1) is 6.92 Å². The van der Waals surface area contributed by atoms with E-state index < -0.39 is 0 Å². The van der Waals surface area contributed by atoms with Gasteiger partial charge in [0.1, 0.15) is 5.78 Å². The number of carbonyl (C=O) groups excluding carboxylic acids is 1. The monoisotopic (exact) mass is 283 g/mol. The molecule has 0 aromatic heterocycles. The fourth-order valence-electron chi connectivity index (χ4n) is 1.68. The Morgan fingerprint density at radius 3 is 2.75 bits per heavy atom. The van der Waals surface area contributed by atoms with Crippen molar-refractivity contribution in [3.05, 3.63) is 33.8 Å². The highest BCUT2D eigenvalue weighted by atomic mass is 79.9. The van der Waals surface area contributed by atoms with E-state index in [2.05, 4.69) is 46.0 Å². The highest BCUT2D eigenvalue weighted by Gasteiger charge is 2.04. The molecule has 0 saturated heterocycles. The molecule has 0 aliphatic rings. The largest absolute Gasteiger partial charge is 0.299 e. The summed E-state index contributed by atoms with van der Waals surface area (Å²) in [7, 11) is 1.98. The first-order valence-electron chi connectivity index (χ1n) is 5.42. The quantitative estimate of drug-likeness (QED) is 0.828. The predicted octanol–water partition coefficient (Wildman–Crippen LogP) is 2.82. The molecular formula is C13H18BrNO. The van der Waals surface area contributed by atoms with Crippen molar-refractivity contribution in [2.24, 2.45) is 0 Å². The summed E-state index contributed by atoms with van der Waals surface area (Å²) in [5, 5.41) is 0. The van der Waals surface area contributed by atoms with Crippen LogP contribution in [0.3, 0.4) is 0 Å². The zero-order valence-corrected chi connectivity index (χ0v) is 11.7. The molecule has 0 bridgehead atoms. The van der Waals surface area contributed by atoms with Crippen LogP contribution < -0.4 is 0 Å². The fourth-order valence-corrected chi connectivity index (χ4v) is 2.09. The van der Waals surface area contributed by atoms with Gasteiger partial charge in [0.15, 0.2) is 0 Å². The highest BCUT2D eigenvalue weighted by molar-refractivity contribution is 9.10. The zero-order valence-electron chi connectivity index (χ0n) is 10.1. The molecule has 3 heteroatoms. The van der Waals surface area contributed by atoms with E-state index in [9.17, 15) is 4.79 Å². The van der Waals surface area contributed by atoms with Crippen molar-refractivity contribution in [2.75, 3.05) is 20.1 Å². The summed E-state index contributed by atoms with van der Waals surface area (Å²) in [6, 6.07) is 6.32. The van der Waals surface area contributed by atoms with E-state index in [0.29, 0.717) is 6.54 Å². The molecule has 0 radical (unpaired) electrons. The molecule has 1 rings (SSSR count). The summed E-state index contributed by atoms with van der Waals surface area (Å²) in [4.78, 5) is 13.0. The molecule has 16 heavy (non-hydrogen) atoms. The van der Waals surface area contributed by atoms with Crippen LogP contribution in [0.15, 0.2) is 22.7 Å². The number of ketones is 1. The van der Waals surface area contributed by atoms with Gasteiger partial charge in [-0.1, -0.05) is 22.0 Å². The average Bonchev–Trinajstić information content (AvgIpc) is 2.18. The minimum atomic E-state index is 0.216. The van der Waals surface area contributed by atoms with Crippen LogP contribution in [-0.4, -0.2) is 30.8 Å². The van der Waals surface area contributed by atoms with Crippen LogP contribution in [0.5, 0.6) is 0 Å². The maximum atomic E-state index is 10.9. The standard InChI is InChI=1S/C13H18BrNO/c1-10-4-5-13(14)8-12(10)6-7-15(3)9-11(2)16/h4-5,8H,6-7,9H2,1-3H3. The van der Waals surface area contributed by atoms with Gasteiger partial charge in [0, 0.05) is 11.0 Å². The van der Waals surface area contributed by atoms with E-state index in [1.54, 1.807) is 6.92 Å². The summed E-state index contributed by atoms with van der Waals surface area (Å²) in [5.41, 5.74) is 2.64. The van der Waals surface area contributed by atoms with Crippen molar-refractivity contribution in [3.63, 3.8) is 0 Å². The van der Waals surface area contributed by atoms with Gasteiger partial charge in [0.2, 0.25) is 0 Å². The maximum Gasteiger partial charge on any atom is 0.143 e. The molecule has 0 atom stereocenters. The molecule has 0 aliphatic heterocycles. The molecule has 0 fully saturated rings. The third-order valence-corrected chi connectivity index (χ3v) is 3.06. The number of carbonyl (C=O) groups is 1. The van der Waals surface area contributed by atoms with Gasteiger partial charge in [-0.3, -0.25) is 9.69 Å². The van der Waals surface area contributed by atoms with E-state index in [0.717, 1.165) is 17.4 Å². The second-order valence-corrected chi connectivity index (χ2v) is 5.18. The molecule has 0 unspecified atom stereocenters. The van der Waals surface area contributed by atoms with Gasteiger partial charge >= 0.3 is 0 Å². The van der Waals surface area contributed by atoms with Crippen molar-refractivity contribution in [3.8, 4) is 0 Å². The number of halogens is 1. The van der Waals surface area contributed by atoms with E-state index in [-0.39, 0.29) is 5.78 Å². The van der Waals surface area contributed by atoms with Crippen molar-refractivity contribution in [1.82, 2.24) is 4.90 Å². The Kier molecular flexibility index (Phi) is 5.16. The van der Waals surface area contributed by atoms with Gasteiger partial charge in [-0.15, -0.1) is 0 Å². The first kappa shape index (κ1) is 13.4. The van der Waals surface area contributed by atoms with Crippen molar-refractivity contribution < 1.29 is 4.79 Å². The van der Waals surface area contributed by atoms with Gasteiger partial charge in [-0.25, -0.2) is 0 Å². The second-order valence-electron chi connectivity index (χ2n) is 4.26. The number of hydrogen-bond acceptors (Lipinski definition) is 2. The molecular weight excluding hydrogens is 266 g/mol. The number of benzene rings is 1. The van der Waals surface area contributed by atoms with Gasteiger partial charge in [0.25, 0.3) is 0 Å². The van der Waals surface area contributed by atoms with Crippen molar-refractivity contribution >= 4 is 21.7 Å². The Hall–Kier alpha value is -0.670. The smallest absolute Gasteiger partial charge is 0.143 e. The minimum absolute atomic E-state index is 0.216. The normalized spacial score (nSPS) is 10.8. The third kappa shape index (κ3) is 4.45. The summed E-state index contributed by atoms with van der Waals surface area (Å²) in [6.45, 7) is 5.19. The molecule has 0 spiro atoms. The fraction of sp³-hybridized carbons (Fsp3) is 0.462. The highest BCUT2D eigenvalue weighted by Crippen LogP contribution is 2.16. The van der Waals surface area contributed by atoms with E-state index in [4.69, 9.17) is 0 Å². The lowest BCUT2D eigenvalue weighted by molar-refractivity contribution is -0.117. The maximum absolute atomic E-state index is 10.9. The molecule has 0 heterocycles. The van der Waals surface area contributed by atoms with E-state index in [1.165, 1.54) is 11.1 Å². The van der Waals surface area contributed by atoms with Gasteiger partial charge < -0.3 is 0 Å². The second kappa shape index (κ2) is 6.16. The van der Waals surface area contributed by atoms with Crippen molar-refractivity contribution in [1.29, 1.82) is 0 Å². The first-order valence-corrected chi connectivity index (χ1v) is 6.21. The van der Waals surface area contributed by atoms with E-state index >= 15 is 0 Å². The molecule has 1 aromatic carbocycles. The molecule has 0 aliphatic carbocycles. The van der Waals surface area contributed by atoms with Crippen LogP contribution in [0.25, 0.3) is 0 Å². The first-order chi connectivity index (χ1) is 7.49. The molecule has 1 aromatic rings. The van der Waals surface area contributed by atoms with Crippen LogP contribution in [0.1, 0.15) is 18.1 Å². The van der Waals surface area contributed by atoms with Gasteiger partial charge in [-0.05, 0) is 50.6 Å². The van der Waals surface area contributed by atoms with Crippen molar-refractivity contribution in [2.45, 2.75) is 20.3 Å². The number of aryl methyl sites for hydroxylation is 1. The summed E-state index contributed by atoms with van der Waals surface area (Å²) < 4.78 is 1.11. The van der Waals surface area contributed by atoms with Gasteiger partial charge in [-0.2, -0.15) is 0 Å². The van der Waals surface area contributed by atoms with Crippen LogP contribution in [0.4, 0.5) is 0 Å². The average molecular weight is 284 g/mol. The molecule has 0 amide bonds. The SMILES string of the molecule is CC(=O)CN(C)CCc1cc(Br)ccc1C. The lowest BCUT2D eigenvalue weighted by atomic mass is 10.1. The topological polar surface area (TPSA) is 20.3 Å². The lowest BCUT2D eigenvalue weighted by Gasteiger charge is -2.15. The predicted molar refractivity (Wildman–Crippen MR) is 70.8 cm³/mol. The summed E-state index contributed by atoms with van der Waals surface area (Å²) in [6.07, 6.45) is 0.981. The number of likely N-dealkylation sites (N-methyl/N-ethyl adjacent to an activating group) is 1. The molecule has 88 valence electrons. The van der Waals surface area contributed by atoms with Crippen LogP contribution >= 0.6 is 15.9 Å². The Labute approximate surface area is 106 Å². The number of nitrogens with zero attached hydrogens (tertiary/aromatic N) is 1. The third-order valence-electron chi connectivity index (χ3n) is 2.57. The summed E-state index contributed by atoms with van der Waals surface area (Å²) in [5.74, 6) is 0.216. The number of rotatable bonds is 5. The van der Waals surface area contributed by atoms with Crippen LogP contribution in [0.2, 0.25) is 0 Å². The minimum Gasteiger partial charge on any atom is -0.299 e. The Bertz CT molecular complexity index is 376. The Balaban J connectivity index is 2.54. The van der Waals surface area contributed by atoms with E-state index in [1.807, 2.05) is 7.05 Å². The molecule has 2 nitrogen and oxygen atoms in total. The summed E-state index contributed by atoms with van der Waals surface area (Å²) >= 11 is 3.48. The number of hydrogen-bond donors (Lipinski definition) is 0. The van der Waals surface area contributed by atoms with Crippen LogP contribution in [-0.2, 0) is 11.2 Å². The number of Topliss-reactive ketones (excluding diaryl/α,β-unsaturated/α-hetero) is 1. The molecule has 0 N–H and O–H groups in total.